The largest absolute Gasteiger partial charge is 0.497 e. The molecule has 0 radical (unpaired) electrons. The third kappa shape index (κ3) is 4.51. The van der Waals surface area contributed by atoms with E-state index in [1.165, 1.54) is 4.90 Å². The number of fused-ring (bicyclic) bond motifs is 1. The molecule has 2 saturated heterocycles. The third-order valence-corrected chi connectivity index (χ3v) is 4.72. The van der Waals surface area contributed by atoms with E-state index in [1.807, 2.05) is 0 Å². The van der Waals surface area contributed by atoms with Crippen LogP contribution in [0, 0.1) is 0 Å². The van der Waals surface area contributed by atoms with Crippen LogP contribution in [-0.2, 0) is 4.79 Å². The number of amides is 3. The van der Waals surface area contributed by atoms with Gasteiger partial charge >= 0.3 is 6.03 Å². The highest BCUT2D eigenvalue weighted by molar-refractivity contribution is 6.04. The first-order chi connectivity index (χ1) is 13.9. The fourth-order valence-corrected chi connectivity index (χ4v) is 3.23. The fraction of sp³-hybridized carbons (Fsp3) is 0.500. The Balaban J connectivity index is 1.68. The first-order valence-corrected chi connectivity index (χ1v) is 9.25. The number of imide groups is 1. The van der Waals surface area contributed by atoms with Crippen molar-refractivity contribution in [2.75, 3.05) is 40.4 Å². The molecule has 0 bridgehead atoms. The van der Waals surface area contributed by atoms with E-state index in [2.05, 4.69) is 15.6 Å². The lowest BCUT2D eigenvalue weighted by Crippen LogP contribution is -2.65. The van der Waals surface area contributed by atoms with Crippen LogP contribution in [0.2, 0.25) is 0 Å². The van der Waals surface area contributed by atoms with Crippen molar-refractivity contribution in [3.63, 3.8) is 0 Å². The second-order valence-corrected chi connectivity index (χ2v) is 6.73. The molecule has 11 heteroatoms. The second-order valence-electron chi connectivity index (χ2n) is 6.73. The van der Waals surface area contributed by atoms with Crippen LogP contribution < -0.4 is 25.8 Å². The zero-order chi connectivity index (χ0) is 21.0. The number of hydrogen-bond donors (Lipinski definition) is 4. The van der Waals surface area contributed by atoms with Gasteiger partial charge in [-0.3, -0.25) is 15.1 Å². The number of hydrogen-bond acceptors (Lipinski definition) is 7. The number of β-amino-alcohol motifs (C(OH)–C–C–N with tert-alkyl or cyclic N) is 1. The minimum absolute atomic E-state index is 0.0147. The normalized spacial score (nSPS) is 23.5. The van der Waals surface area contributed by atoms with E-state index in [-0.39, 0.29) is 13.2 Å². The molecule has 29 heavy (non-hydrogen) atoms. The average molecular weight is 406 g/mol. The summed E-state index contributed by atoms with van der Waals surface area (Å²) in [6.07, 6.45) is -1.49. The number of nitrogens with one attached hydrogen (secondary N) is 2. The van der Waals surface area contributed by atoms with Gasteiger partial charge in [-0.1, -0.05) is 0 Å². The molecule has 2 aliphatic heterocycles. The van der Waals surface area contributed by atoms with Crippen molar-refractivity contribution >= 4 is 17.9 Å². The van der Waals surface area contributed by atoms with E-state index < -0.39 is 30.2 Å². The minimum Gasteiger partial charge on any atom is -0.497 e. The number of nitrogens with zero attached hydrogens (tertiary/aromatic N) is 3. The predicted molar refractivity (Wildman–Crippen MR) is 105 cm³/mol. The maximum Gasteiger partial charge on any atom is 0.325 e. The highest BCUT2D eigenvalue weighted by atomic mass is 16.5. The fourth-order valence-electron chi connectivity index (χ4n) is 3.23. The molecule has 3 rings (SSSR count). The molecule has 2 heterocycles. The first kappa shape index (κ1) is 20.7. The second kappa shape index (κ2) is 8.97. The van der Waals surface area contributed by atoms with Crippen molar-refractivity contribution in [1.29, 1.82) is 0 Å². The first-order valence-electron chi connectivity index (χ1n) is 9.25. The standard InChI is InChI=1S/C18H26N6O5/c1-23-15-14(16(26)22-18(23)27)24(17(21-15)20-8-7-19)9-11(25)10-29-13-5-3-12(28-2)4-6-13/h3-6,11,14-15,25H,7-10,19H2,1-2H3,(H,20,21)(H,22,26,27). The van der Waals surface area contributed by atoms with Crippen LogP contribution in [0.3, 0.4) is 0 Å². The highest BCUT2D eigenvalue weighted by Gasteiger charge is 2.50. The lowest BCUT2D eigenvalue weighted by atomic mass is 10.1. The quantitative estimate of drug-likeness (QED) is 0.410. The predicted octanol–water partition coefficient (Wildman–Crippen LogP) is -1.47. The Kier molecular flexibility index (Phi) is 6.39. The van der Waals surface area contributed by atoms with E-state index >= 15 is 0 Å². The van der Waals surface area contributed by atoms with Crippen molar-refractivity contribution in [2.24, 2.45) is 10.7 Å². The molecule has 0 spiro atoms. The van der Waals surface area contributed by atoms with Crippen molar-refractivity contribution in [3.8, 4) is 11.5 Å². The van der Waals surface area contributed by atoms with Crippen molar-refractivity contribution in [1.82, 2.24) is 20.4 Å². The van der Waals surface area contributed by atoms with Crippen molar-refractivity contribution in [2.45, 2.75) is 18.3 Å². The number of benzene rings is 1. The summed E-state index contributed by atoms with van der Waals surface area (Å²) in [6, 6.07) is 5.78. The molecular formula is C18H26N6O5. The Morgan fingerprint density at radius 1 is 1.28 bits per heavy atom. The van der Waals surface area contributed by atoms with Crippen LogP contribution in [0.5, 0.6) is 11.5 Å². The Morgan fingerprint density at radius 2 is 1.97 bits per heavy atom. The van der Waals surface area contributed by atoms with Gasteiger partial charge in [-0.2, -0.15) is 0 Å². The summed E-state index contributed by atoms with van der Waals surface area (Å²) in [6.45, 7) is 0.776. The molecule has 1 aromatic carbocycles. The monoisotopic (exact) mass is 406 g/mol. The molecule has 1 aromatic rings. The number of carbonyl (C=O) groups excluding carboxylic acids is 2. The summed E-state index contributed by atoms with van der Waals surface area (Å²) < 4.78 is 10.7. The third-order valence-electron chi connectivity index (χ3n) is 4.72. The Labute approximate surface area is 168 Å². The molecule has 11 nitrogen and oxygen atoms in total. The van der Waals surface area contributed by atoms with Crippen molar-refractivity contribution < 1.29 is 24.2 Å². The summed E-state index contributed by atoms with van der Waals surface area (Å²) in [5.74, 6) is 1.24. The summed E-state index contributed by atoms with van der Waals surface area (Å²) in [4.78, 5) is 31.7. The molecule has 2 fully saturated rings. The van der Waals surface area contributed by atoms with Gasteiger partial charge in [-0.05, 0) is 24.3 Å². The summed E-state index contributed by atoms with van der Waals surface area (Å²) >= 11 is 0. The molecular weight excluding hydrogens is 380 g/mol. The maximum atomic E-state index is 12.4. The number of rotatable bonds is 8. The summed E-state index contributed by atoms with van der Waals surface area (Å²) in [5.41, 5.74) is 5.53. The van der Waals surface area contributed by atoms with Crippen LogP contribution in [0.15, 0.2) is 29.3 Å². The zero-order valence-corrected chi connectivity index (χ0v) is 16.4. The number of likely N-dealkylation sites (N-methyl/N-ethyl adjacent to an activating group) is 1. The van der Waals surface area contributed by atoms with Gasteiger partial charge in [0.2, 0.25) is 0 Å². The van der Waals surface area contributed by atoms with E-state index in [4.69, 9.17) is 15.2 Å². The molecule has 0 saturated carbocycles. The SMILES string of the molecule is COc1ccc(OCC(O)CN2C(=NCCN)NC3C2C(=O)NC(=O)N3C)cc1. The molecule has 3 amide bonds. The molecule has 2 aliphatic rings. The molecule has 5 N–H and O–H groups in total. The molecule has 0 aromatic heterocycles. The van der Waals surface area contributed by atoms with Crippen LogP contribution in [0.1, 0.15) is 0 Å². The number of carbonyl (C=O) groups is 2. The molecule has 3 unspecified atom stereocenters. The van der Waals surface area contributed by atoms with Crippen LogP contribution in [0.25, 0.3) is 0 Å². The Morgan fingerprint density at radius 3 is 2.62 bits per heavy atom. The number of aliphatic imine (C=N–C) groups is 1. The van der Waals surface area contributed by atoms with Crippen LogP contribution >= 0.6 is 0 Å². The van der Waals surface area contributed by atoms with E-state index in [1.54, 1.807) is 43.3 Å². The average Bonchev–Trinajstić information content (AvgIpc) is 3.08. The molecule has 158 valence electrons. The number of ether oxygens (including phenoxy) is 2. The smallest absolute Gasteiger partial charge is 0.325 e. The van der Waals surface area contributed by atoms with Crippen LogP contribution in [0.4, 0.5) is 4.79 Å². The highest BCUT2D eigenvalue weighted by Crippen LogP contribution is 2.21. The topological polar surface area (TPSA) is 142 Å². The molecule has 0 aliphatic carbocycles. The number of urea groups is 1. The zero-order valence-electron chi connectivity index (χ0n) is 16.4. The summed E-state index contributed by atoms with van der Waals surface area (Å²) in [5, 5.41) is 15.9. The van der Waals surface area contributed by atoms with Gasteiger partial charge in [0.25, 0.3) is 5.91 Å². The van der Waals surface area contributed by atoms with E-state index in [0.29, 0.717) is 30.5 Å². The van der Waals surface area contributed by atoms with Gasteiger partial charge in [0.05, 0.1) is 20.2 Å². The lowest BCUT2D eigenvalue weighted by Gasteiger charge is -2.35. The lowest BCUT2D eigenvalue weighted by molar-refractivity contribution is -0.127. The number of nitrogens with two attached hydrogens (primary N) is 1. The van der Waals surface area contributed by atoms with Gasteiger partial charge < -0.3 is 35.4 Å². The number of aliphatic hydroxyl groups excluding tert-OH is 1. The molecule has 3 atom stereocenters. The number of aliphatic hydroxyl groups is 1. The Hall–Kier alpha value is -3.05. The van der Waals surface area contributed by atoms with Gasteiger partial charge in [0.1, 0.15) is 30.4 Å². The summed E-state index contributed by atoms with van der Waals surface area (Å²) in [7, 11) is 3.16. The number of methoxy groups -OCH3 is 1. The van der Waals surface area contributed by atoms with Gasteiger partial charge in [-0.25, -0.2) is 4.79 Å². The maximum absolute atomic E-state index is 12.4. The van der Waals surface area contributed by atoms with Crippen molar-refractivity contribution in [3.05, 3.63) is 24.3 Å². The van der Waals surface area contributed by atoms with E-state index in [0.717, 1.165) is 0 Å². The van der Waals surface area contributed by atoms with Crippen LogP contribution in [-0.4, -0.2) is 91.5 Å². The van der Waals surface area contributed by atoms with E-state index in [9.17, 15) is 14.7 Å². The van der Waals surface area contributed by atoms with Gasteiger partial charge in [0.15, 0.2) is 12.0 Å². The number of guanidine groups is 1. The Bertz CT molecular complexity index is 771. The van der Waals surface area contributed by atoms with Gasteiger partial charge in [0, 0.05) is 13.6 Å². The minimum atomic E-state index is -0.906. The van der Waals surface area contributed by atoms with Gasteiger partial charge in [-0.15, -0.1) is 0 Å².